The van der Waals surface area contributed by atoms with Gasteiger partial charge in [-0.25, -0.2) is 10.7 Å². The van der Waals surface area contributed by atoms with E-state index in [2.05, 4.69) is 26.1 Å². The molecule has 1 aliphatic heterocycles. The van der Waals surface area contributed by atoms with E-state index in [4.69, 9.17) is 22.1 Å². The predicted octanol–water partition coefficient (Wildman–Crippen LogP) is -0.783. The SMILES string of the molecule is CC(=O)OCc1ccc(CC(=O)[C@H](CCCNC(N)=O)NC(=O)[C@@H](NC(=O)CCCCCN2C(=O)CC(SCC(NC(=O)CON)C(N)=O)C2=O)C(C)C)cc1. The summed E-state index contributed by atoms with van der Waals surface area (Å²) in [6.07, 6.45) is 1.88. The highest BCUT2D eigenvalue weighted by Crippen LogP contribution is 2.26. The van der Waals surface area contributed by atoms with Gasteiger partial charge >= 0.3 is 12.0 Å². The smallest absolute Gasteiger partial charge is 0.312 e. The molecule has 1 fully saturated rings. The number of esters is 1. The number of likely N-dealkylation sites (tertiary alicyclic amines) is 1. The van der Waals surface area contributed by atoms with Gasteiger partial charge in [-0.05, 0) is 42.7 Å². The number of thioether (sulfide) groups is 1. The maximum absolute atomic E-state index is 13.5. The number of rotatable bonds is 26. The topological polar surface area (TPSA) is 302 Å². The predicted molar refractivity (Wildman–Crippen MR) is 203 cm³/mol. The summed E-state index contributed by atoms with van der Waals surface area (Å²) in [5.41, 5.74) is 11.9. The zero-order valence-corrected chi connectivity index (χ0v) is 32.8. The summed E-state index contributed by atoms with van der Waals surface area (Å²) in [6, 6.07) is 3.24. The van der Waals surface area contributed by atoms with Crippen LogP contribution in [0.4, 0.5) is 4.79 Å². The van der Waals surface area contributed by atoms with Crippen LogP contribution in [0, 0.1) is 5.92 Å². The highest BCUT2D eigenvalue weighted by Gasteiger charge is 2.39. The summed E-state index contributed by atoms with van der Waals surface area (Å²) in [6.45, 7) is 4.76. The molecule has 20 heteroatoms. The molecule has 0 spiro atoms. The standard InChI is InChI=1S/C36H54N8O11S/c1-21(2)32(34(51)42-25(8-7-14-40-36(38)53)27(46)16-23-10-12-24(13-11-23)18-54-22(3)45)43-29(47)9-5-4-6-15-44-31(49)17-28(35(44)52)56-20-26(33(37)50)41-30(48)19-55-39/h10-13,21,25-26,28,32H,4-9,14-20,39H2,1-3H3,(H2,37,50)(H,41,48)(H,42,51)(H,43,47)(H3,38,40,53)/t25-,26?,28?,32-/m0/s1. The summed E-state index contributed by atoms with van der Waals surface area (Å²) in [5, 5.41) is 9.61. The Bertz CT molecular complexity index is 1560. The Labute approximate surface area is 329 Å². The maximum atomic E-state index is 13.5. The lowest BCUT2D eigenvalue weighted by Gasteiger charge is -2.25. The molecular formula is C36H54N8O11S. The molecule has 19 nitrogen and oxygen atoms in total. The van der Waals surface area contributed by atoms with E-state index in [1.165, 1.54) is 6.92 Å². The second-order valence-electron chi connectivity index (χ2n) is 13.6. The van der Waals surface area contributed by atoms with Gasteiger partial charge < -0.3 is 37.5 Å². The van der Waals surface area contributed by atoms with Crippen LogP contribution in [0.25, 0.3) is 0 Å². The van der Waals surface area contributed by atoms with Crippen molar-refractivity contribution in [1.82, 2.24) is 26.2 Å². The van der Waals surface area contributed by atoms with Crippen molar-refractivity contribution in [2.24, 2.45) is 23.3 Å². The van der Waals surface area contributed by atoms with Crippen LogP contribution in [0.2, 0.25) is 0 Å². The summed E-state index contributed by atoms with van der Waals surface area (Å²) in [5.74, 6) is 0.597. The van der Waals surface area contributed by atoms with Gasteiger partial charge in [0.15, 0.2) is 5.78 Å². The van der Waals surface area contributed by atoms with Gasteiger partial charge in [0, 0.05) is 45.0 Å². The number of hydrogen-bond donors (Lipinski definition) is 7. The van der Waals surface area contributed by atoms with Gasteiger partial charge in [0.05, 0.1) is 11.3 Å². The minimum atomic E-state index is -1.09. The van der Waals surface area contributed by atoms with Crippen LogP contribution >= 0.6 is 11.8 Å². The average Bonchev–Trinajstić information content (AvgIpc) is 3.40. The lowest BCUT2D eigenvalue weighted by atomic mass is 9.97. The van der Waals surface area contributed by atoms with E-state index < -0.39 is 65.6 Å². The summed E-state index contributed by atoms with van der Waals surface area (Å²) < 4.78 is 4.99. The van der Waals surface area contributed by atoms with Crippen molar-refractivity contribution >= 4 is 65.0 Å². The number of amides is 8. The molecule has 56 heavy (non-hydrogen) atoms. The fourth-order valence-corrected chi connectivity index (χ4v) is 6.81. The minimum Gasteiger partial charge on any atom is -0.461 e. The van der Waals surface area contributed by atoms with Crippen LogP contribution in [0.1, 0.15) is 76.8 Å². The van der Waals surface area contributed by atoms with Gasteiger partial charge in [-0.1, -0.05) is 44.5 Å². The lowest BCUT2D eigenvalue weighted by Crippen LogP contribution is -2.54. The third-order valence-corrected chi connectivity index (χ3v) is 9.92. The van der Waals surface area contributed by atoms with Crippen molar-refractivity contribution in [3.05, 3.63) is 35.4 Å². The Morgan fingerprint density at radius 1 is 0.893 bits per heavy atom. The number of ketones is 1. The van der Waals surface area contributed by atoms with Gasteiger partial charge in [0.25, 0.3) is 0 Å². The number of ether oxygens (including phenoxy) is 1. The third-order valence-electron chi connectivity index (χ3n) is 8.63. The number of primary amides is 2. The molecule has 310 valence electrons. The maximum Gasteiger partial charge on any atom is 0.312 e. The fraction of sp³-hybridized carbons (Fsp3) is 0.583. The average molecular weight is 807 g/mol. The van der Waals surface area contributed by atoms with Gasteiger partial charge in [0.2, 0.25) is 35.4 Å². The molecule has 0 radical (unpaired) electrons. The first-order chi connectivity index (χ1) is 26.5. The van der Waals surface area contributed by atoms with E-state index in [0.717, 1.165) is 22.2 Å². The molecule has 0 bridgehead atoms. The Balaban J connectivity index is 1.89. The largest absolute Gasteiger partial charge is 0.461 e. The van der Waals surface area contributed by atoms with Crippen LogP contribution in [-0.4, -0.2) is 107 Å². The second-order valence-corrected chi connectivity index (χ2v) is 14.8. The quantitative estimate of drug-likeness (QED) is 0.0262. The molecule has 1 aromatic rings. The molecule has 0 aliphatic carbocycles. The van der Waals surface area contributed by atoms with Crippen LogP contribution in [-0.2, 0) is 61.0 Å². The minimum absolute atomic E-state index is 0.00389. The normalized spacial score (nSPS) is 15.4. The molecule has 10 N–H and O–H groups in total. The number of nitrogens with one attached hydrogen (secondary N) is 4. The molecule has 1 aromatic carbocycles. The first kappa shape index (κ1) is 47.1. The van der Waals surface area contributed by atoms with E-state index in [1.807, 2.05) is 0 Å². The monoisotopic (exact) mass is 806 g/mol. The molecule has 2 rings (SSSR count). The number of benzene rings is 1. The number of nitrogens with two attached hydrogens (primary N) is 3. The molecule has 0 saturated carbocycles. The molecule has 8 amide bonds. The van der Waals surface area contributed by atoms with Crippen molar-refractivity contribution < 1.29 is 52.7 Å². The van der Waals surface area contributed by atoms with Crippen LogP contribution in [0.5, 0.6) is 0 Å². The summed E-state index contributed by atoms with van der Waals surface area (Å²) >= 11 is 1.03. The molecule has 1 aliphatic rings. The third kappa shape index (κ3) is 17.2. The van der Waals surface area contributed by atoms with Crippen LogP contribution in [0.3, 0.4) is 0 Å². The number of imide groups is 1. The number of unbranched alkanes of at least 4 members (excludes halogenated alkanes) is 2. The molecular weight excluding hydrogens is 753 g/mol. The first-order valence-corrected chi connectivity index (χ1v) is 19.3. The van der Waals surface area contributed by atoms with E-state index in [0.29, 0.717) is 31.2 Å². The van der Waals surface area contributed by atoms with Gasteiger partial charge in [-0.15, -0.1) is 11.8 Å². The number of carbonyl (C=O) groups is 9. The Morgan fingerprint density at radius 3 is 2.18 bits per heavy atom. The Kier molecular flexibility index (Phi) is 20.5. The van der Waals surface area contributed by atoms with Crippen LogP contribution in [0.15, 0.2) is 24.3 Å². The van der Waals surface area contributed by atoms with Crippen molar-refractivity contribution in [2.75, 3.05) is 25.4 Å². The number of nitrogens with zero attached hydrogens (tertiary/aromatic N) is 1. The molecule has 1 heterocycles. The molecule has 1 saturated heterocycles. The summed E-state index contributed by atoms with van der Waals surface area (Å²) in [7, 11) is 0. The Hall–Kier alpha value is -5.08. The first-order valence-electron chi connectivity index (χ1n) is 18.2. The fourth-order valence-electron chi connectivity index (χ4n) is 5.61. The van der Waals surface area contributed by atoms with E-state index in [1.54, 1.807) is 38.1 Å². The summed E-state index contributed by atoms with van der Waals surface area (Å²) in [4.78, 5) is 116. The van der Waals surface area contributed by atoms with Gasteiger partial charge in [-0.2, -0.15) is 0 Å². The molecule has 2 unspecified atom stereocenters. The Morgan fingerprint density at radius 2 is 1.57 bits per heavy atom. The highest BCUT2D eigenvalue weighted by molar-refractivity contribution is 8.00. The van der Waals surface area contributed by atoms with Crippen molar-refractivity contribution in [2.45, 2.75) is 102 Å². The highest BCUT2D eigenvalue weighted by atomic mass is 32.2. The van der Waals surface area contributed by atoms with E-state index in [-0.39, 0.29) is 74.6 Å². The number of Topliss-reactive ketones (excluding diaryl/α,β-unsaturated/α-hetero) is 1. The number of urea groups is 1. The van der Waals surface area contributed by atoms with E-state index in [9.17, 15) is 43.2 Å². The lowest BCUT2D eigenvalue weighted by molar-refractivity contribution is -0.142. The van der Waals surface area contributed by atoms with Gasteiger partial charge in [0.1, 0.15) is 25.3 Å². The van der Waals surface area contributed by atoms with Gasteiger partial charge in [-0.3, -0.25) is 48.1 Å². The zero-order chi connectivity index (χ0) is 41.8. The second kappa shape index (κ2) is 24.4. The van der Waals surface area contributed by atoms with E-state index >= 15 is 0 Å². The number of hydrogen-bond acceptors (Lipinski definition) is 13. The van der Waals surface area contributed by atoms with Crippen molar-refractivity contribution in [1.29, 1.82) is 0 Å². The number of carbonyl (C=O) groups excluding carboxylic acids is 9. The molecule has 4 atom stereocenters. The molecule has 0 aromatic heterocycles. The zero-order valence-electron chi connectivity index (χ0n) is 32.0. The van der Waals surface area contributed by atoms with Crippen molar-refractivity contribution in [3.63, 3.8) is 0 Å². The van der Waals surface area contributed by atoms with Crippen LogP contribution < -0.4 is 38.6 Å². The van der Waals surface area contributed by atoms with Crippen molar-refractivity contribution in [3.8, 4) is 0 Å².